The molecule has 3 nitrogen and oxygen atoms in total. The first-order valence-corrected chi connectivity index (χ1v) is 6.09. The molecule has 0 heterocycles. The van der Waals surface area contributed by atoms with Gasteiger partial charge in [0, 0.05) is 18.5 Å². The number of hydrogen-bond acceptors (Lipinski definition) is 2. The van der Waals surface area contributed by atoms with E-state index < -0.39 is 5.54 Å². The van der Waals surface area contributed by atoms with Gasteiger partial charge in [-0.1, -0.05) is 19.1 Å². The van der Waals surface area contributed by atoms with Gasteiger partial charge >= 0.3 is 0 Å². The van der Waals surface area contributed by atoms with Crippen LogP contribution in [0.4, 0.5) is 4.39 Å². The van der Waals surface area contributed by atoms with Crippen LogP contribution in [0.1, 0.15) is 38.7 Å². The van der Waals surface area contributed by atoms with Crippen molar-refractivity contribution in [2.75, 3.05) is 6.54 Å². The van der Waals surface area contributed by atoms with Crippen LogP contribution in [0.15, 0.2) is 24.3 Å². The van der Waals surface area contributed by atoms with E-state index in [4.69, 9.17) is 5.73 Å². The lowest BCUT2D eigenvalue weighted by Gasteiger charge is -2.20. The van der Waals surface area contributed by atoms with Gasteiger partial charge in [-0.2, -0.15) is 0 Å². The zero-order valence-electron chi connectivity index (χ0n) is 11.6. The highest BCUT2D eigenvalue weighted by atomic mass is 35.5. The number of rotatable bonds is 5. The first-order valence-electron chi connectivity index (χ1n) is 6.09. The van der Waals surface area contributed by atoms with E-state index in [-0.39, 0.29) is 30.0 Å². The van der Waals surface area contributed by atoms with Crippen LogP contribution in [-0.4, -0.2) is 18.0 Å². The normalized spacial score (nSPS) is 12.5. The summed E-state index contributed by atoms with van der Waals surface area (Å²) < 4.78 is 13.1. The summed E-state index contributed by atoms with van der Waals surface area (Å²) in [5, 5.41) is 2.78. The van der Waals surface area contributed by atoms with Crippen LogP contribution in [0, 0.1) is 5.82 Å². The van der Waals surface area contributed by atoms with Crippen molar-refractivity contribution in [2.24, 2.45) is 5.73 Å². The lowest BCUT2D eigenvalue weighted by atomic mass is 9.97. The Kier molecular flexibility index (Phi) is 7.01. The number of nitrogens with two attached hydrogens (primary N) is 1. The SMILES string of the molecule is CC(CC(=O)NCC(C)(C)N)c1cccc(F)c1.Cl. The maximum absolute atomic E-state index is 13.1. The van der Waals surface area contributed by atoms with E-state index in [9.17, 15) is 9.18 Å². The van der Waals surface area contributed by atoms with Gasteiger partial charge in [0.2, 0.25) is 5.91 Å². The van der Waals surface area contributed by atoms with E-state index in [2.05, 4.69) is 5.32 Å². The van der Waals surface area contributed by atoms with E-state index >= 15 is 0 Å². The molecule has 0 spiro atoms. The summed E-state index contributed by atoms with van der Waals surface area (Å²) >= 11 is 0. The van der Waals surface area contributed by atoms with E-state index in [1.54, 1.807) is 6.07 Å². The van der Waals surface area contributed by atoms with Crippen LogP contribution in [0.5, 0.6) is 0 Å². The maximum Gasteiger partial charge on any atom is 0.220 e. The van der Waals surface area contributed by atoms with Gasteiger partial charge in [-0.15, -0.1) is 12.4 Å². The molecule has 1 rings (SSSR count). The number of benzene rings is 1. The Labute approximate surface area is 120 Å². The summed E-state index contributed by atoms with van der Waals surface area (Å²) in [6.45, 7) is 6.04. The van der Waals surface area contributed by atoms with Crippen LogP contribution in [0.3, 0.4) is 0 Å². The van der Waals surface area contributed by atoms with Crippen molar-refractivity contribution in [3.63, 3.8) is 0 Å². The molecule has 1 unspecified atom stereocenters. The first kappa shape index (κ1) is 17.9. The summed E-state index contributed by atoms with van der Waals surface area (Å²) in [4.78, 5) is 11.7. The van der Waals surface area contributed by atoms with Gasteiger partial charge in [-0.05, 0) is 37.5 Å². The maximum atomic E-state index is 13.1. The predicted molar refractivity (Wildman–Crippen MR) is 78.0 cm³/mol. The molecule has 3 N–H and O–H groups in total. The molecule has 1 aromatic rings. The molecule has 108 valence electrons. The second-order valence-electron chi connectivity index (χ2n) is 5.43. The number of amides is 1. The average Bonchev–Trinajstić information content (AvgIpc) is 2.25. The first-order chi connectivity index (χ1) is 8.28. The third-order valence-corrected chi connectivity index (χ3v) is 2.65. The second-order valence-corrected chi connectivity index (χ2v) is 5.43. The quantitative estimate of drug-likeness (QED) is 0.875. The van der Waals surface area contributed by atoms with Gasteiger partial charge < -0.3 is 11.1 Å². The monoisotopic (exact) mass is 288 g/mol. The van der Waals surface area contributed by atoms with Gasteiger partial charge in [0.1, 0.15) is 5.82 Å². The number of carbonyl (C=O) groups excluding carboxylic acids is 1. The average molecular weight is 289 g/mol. The van der Waals surface area contributed by atoms with Crippen molar-refractivity contribution in [3.8, 4) is 0 Å². The zero-order chi connectivity index (χ0) is 13.8. The fraction of sp³-hybridized carbons (Fsp3) is 0.500. The van der Waals surface area contributed by atoms with E-state index in [1.807, 2.05) is 26.8 Å². The Hall–Kier alpha value is -1.13. The Morgan fingerprint density at radius 3 is 2.63 bits per heavy atom. The van der Waals surface area contributed by atoms with E-state index in [0.29, 0.717) is 13.0 Å². The van der Waals surface area contributed by atoms with Gasteiger partial charge in [-0.3, -0.25) is 4.79 Å². The third-order valence-electron chi connectivity index (χ3n) is 2.65. The van der Waals surface area contributed by atoms with Gasteiger partial charge in [0.15, 0.2) is 0 Å². The highest BCUT2D eigenvalue weighted by Gasteiger charge is 2.15. The summed E-state index contributed by atoms with van der Waals surface area (Å²) in [6, 6.07) is 6.34. The van der Waals surface area contributed by atoms with Crippen LogP contribution >= 0.6 is 12.4 Å². The number of nitrogens with one attached hydrogen (secondary N) is 1. The minimum Gasteiger partial charge on any atom is -0.354 e. The fourth-order valence-corrected chi connectivity index (χ4v) is 1.61. The Balaban J connectivity index is 0.00000324. The molecule has 1 aromatic carbocycles. The molecular formula is C14H22ClFN2O. The van der Waals surface area contributed by atoms with Crippen molar-refractivity contribution >= 4 is 18.3 Å². The van der Waals surface area contributed by atoms with Crippen LogP contribution in [-0.2, 0) is 4.79 Å². The van der Waals surface area contributed by atoms with Gasteiger partial charge in [-0.25, -0.2) is 4.39 Å². The highest BCUT2D eigenvalue weighted by molar-refractivity contribution is 5.85. The lowest BCUT2D eigenvalue weighted by molar-refractivity contribution is -0.121. The molecule has 0 saturated heterocycles. The molecule has 0 aromatic heterocycles. The molecule has 1 atom stereocenters. The smallest absolute Gasteiger partial charge is 0.220 e. The van der Waals surface area contributed by atoms with Crippen molar-refractivity contribution in [1.82, 2.24) is 5.32 Å². The highest BCUT2D eigenvalue weighted by Crippen LogP contribution is 2.19. The van der Waals surface area contributed by atoms with Crippen LogP contribution in [0.2, 0.25) is 0 Å². The van der Waals surface area contributed by atoms with Crippen molar-refractivity contribution in [2.45, 2.75) is 38.6 Å². The Bertz CT molecular complexity index is 418. The summed E-state index contributed by atoms with van der Waals surface area (Å²) in [5.41, 5.74) is 6.19. The van der Waals surface area contributed by atoms with E-state index in [1.165, 1.54) is 12.1 Å². The molecule has 0 saturated carbocycles. The molecule has 0 aliphatic heterocycles. The lowest BCUT2D eigenvalue weighted by Crippen LogP contribution is -2.45. The van der Waals surface area contributed by atoms with Crippen molar-refractivity contribution < 1.29 is 9.18 Å². The molecule has 0 fully saturated rings. The molecule has 1 amide bonds. The number of halogens is 2. The molecule has 19 heavy (non-hydrogen) atoms. The van der Waals surface area contributed by atoms with Crippen molar-refractivity contribution in [3.05, 3.63) is 35.6 Å². The molecule has 0 radical (unpaired) electrons. The summed E-state index contributed by atoms with van der Waals surface area (Å²) in [6.07, 6.45) is 0.333. The van der Waals surface area contributed by atoms with Gasteiger partial charge in [0.25, 0.3) is 0 Å². The van der Waals surface area contributed by atoms with E-state index in [0.717, 1.165) is 5.56 Å². The molecule has 5 heteroatoms. The standard InChI is InChI=1S/C14H21FN2O.ClH/c1-10(11-5-4-6-12(15)8-11)7-13(18)17-9-14(2,3)16;/h4-6,8,10H,7,9,16H2,1-3H3,(H,17,18);1H. The third kappa shape index (κ3) is 7.13. The summed E-state index contributed by atoms with van der Waals surface area (Å²) in [5.74, 6) is -0.352. The van der Waals surface area contributed by atoms with Crippen LogP contribution < -0.4 is 11.1 Å². The van der Waals surface area contributed by atoms with Crippen LogP contribution in [0.25, 0.3) is 0 Å². The Morgan fingerprint density at radius 1 is 1.47 bits per heavy atom. The van der Waals surface area contributed by atoms with Crippen molar-refractivity contribution in [1.29, 1.82) is 0 Å². The number of carbonyl (C=O) groups is 1. The Morgan fingerprint density at radius 2 is 2.11 bits per heavy atom. The zero-order valence-corrected chi connectivity index (χ0v) is 12.4. The fourth-order valence-electron chi connectivity index (χ4n) is 1.61. The molecule has 0 aliphatic carbocycles. The summed E-state index contributed by atoms with van der Waals surface area (Å²) in [7, 11) is 0. The van der Waals surface area contributed by atoms with Gasteiger partial charge in [0.05, 0.1) is 0 Å². The molecule has 0 aliphatic rings. The largest absolute Gasteiger partial charge is 0.354 e. The minimum absolute atomic E-state index is 0. The predicted octanol–water partition coefficient (Wildman–Crippen LogP) is 2.59. The number of hydrogen-bond donors (Lipinski definition) is 2. The minimum atomic E-state index is -0.419. The second kappa shape index (κ2) is 7.46. The molecule has 0 bridgehead atoms. The topological polar surface area (TPSA) is 55.1 Å². The molecular weight excluding hydrogens is 267 g/mol.